The van der Waals surface area contributed by atoms with Crippen molar-refractivity contribution in [2.45, 2.75) is 0 Å². The molecule has 0 saturated carbocycles. The second kappa shape index (κ2) is 4.62. The van der Waals surface area contributed by atoms with E-state index in [1.165, 1.54) is 6.20 Å². The molecule has 1 aromatic carbocycles. The normalized spacial score (nSPS) is 9.94. The average molecular weight is 265 g/mol. The summed E-state index contributed by atoms with van der Waals surface area (Å²) in [5, 5.41) is 9.69. The van der Waals surface area contributed by atoms with Crippen molar-refractivity contribution in [3.8, 4) is 17.2 Å². The minimum Gasteiger partial charge on any atom is -0.328 e. The lowest BCUT2D eigenvalue weighted by Gasteiger charge is -2.06. The van der Waals surface area contributed by atoms with Crippen molar-refractivity contribution in [1.29, 1.82) is 5.26 Å². The molecule has 0 aliphatic rings. The fourth-order valence-corrected chi connectivity index (χ4v) is 1.93. The van der Waals surface area contributed by atoms with E-state index in [-0.39, 0.29) is 5.56 Å². The van der Waals surface area contributed by atoms with Crippen LogP contribution in [0, 0.1) is 11.3 Å². The van der Waals surface area contributed by atoms with Gasteiger partial charge in [-0.3, -0.25) is 4.79 Å². The first-order valence-electron chi connectivity index (χ1n) is 4.71. The zero-order chi connectivity index (χ0) is 12.4. The van der Waals surface area contributed by atoms with Crippen LogP contribution >= 0.6 is 23.2 Å². The van der Waals surface area contributed by atoms with E-state index in [4.69, 9.17) is 28.5 Å². The topological polar surface area (TPSA) is 56.6 Å². The van der Waals surface area contributed by atoms with E-state index in [1.54, 1.807) is 24.3 Å². The van der Waals surface area contributed by atoms with Gasteiger partial charge in [-0.05, 0) is 12.1 Å². The molecule has 0 bridgehead atoms. The Morgan fingerprint density at radius 3 is 2.65 bits per heavy atom. The number of H-pyrrole nitrogens is 1. The van der Waals surface area contributed by atoms with E-state index >= 15 is 0 Å². The van der Waals surface area contributed by atoms with Crippen molar-refractivity contribution in [2.75, 3.05) is 0 Å². The molecule has 0 fully saturated rings. The number of pyridine rings is 1. The number of benzene rings is 1. The van der Waals surface area contributed by atoms with Crippen LogP contribution in [0.1, 0.15) is 5.56 Å². The molecule has 0 saturated heterocycles. The second-order valence-electron chi connectivity index (χ2n) is 3.31. The summed E-state index contributed by atoms with van der Waals surface area (Å²) in [7, 11) is 0. The number of aromatic amines is 1. The maximum Gasteiger partial charge on any atom is 0.266 e. The van der Waals surface area contributed by atoms with Gasteiger partial charge in [0.15, 0.2) is 0 Å². The minimum absolute atomic E-state index is 0.0247. The molecule has 0 aliphatic carbocycles. The van der Waals surface area contributed by atoms with Gasteiger partial charge in [0.2, 0.25) is 0 Å². The van der Waals surface area contributed by atoms with E-state index in [1.807, 2.05) is 6.07 Å². The summed E-state index contributed by atoms with van der Waals surface area (Å²) in [5.41, 5.74) is 0.628. The van der Waals surface area contributed by atoms with Crippen LogP contribution in [-0.2, 0) is 0 Å². The Hall–Kier alpha value is -1.76. The molecule has 0 amide bonds. The Kier molecular flexibility index (Phi) is 3.19. The van der Waals surface area contributed by atoms with E-state index in [0.29, 0.717) is 21.2 Å². The van der Waals surface area contributed by atoms with Crippen LogP contribution in [-0.4, -0.2) is 4.98 Å². The average Bonchev–Trinajstić information content (AvgIpc) is 2.32. The summed E-state index contributed by atoms with van der Waals surface area (Å²) in [4.78, 5) is 13.9. The lowest BCUT2D eigenvalue weighted by Crippen LogP contribution is -2.10. The molecule has 1 heterocycles. The first kappa shape index (κ1) is 11.7. The molecule has 3 nitrogen and oxygen atoms in total. The van der Waals surface area contributed by atoms with Gasteiger partial charge in [-0.15, -0.1) is 0 Å². The van der Waals surface area contributed by atoms with E-state index in [9.17, 15) is 4.79 Å². The molecule has 2 aromatic rings. The smallest absolute Gasteiger partial charge is 0.266 e. The summed E-state index contributed by atoms with van der Waals surface area (Å²) in [6.07, 6.45) is 1.47. The third-order valence-electron chi connectivity index (χ3n) is 2.31. The number of halogens is 2. The second-order valence-corrected chi connectivity index (χ2v) is 4.09. The number of nitrogens with one attached hydrogen (secondary N) is 1. The molecule has 5 heteroatoms. The number of nitriles is 1. The van der Waals surface area contributed by atoms with Crippen molar-refractivity contribution in [3.63, 3.8) is 0 Å². The molecule has 17 heavy (non-hydrogen) atoms. The molecule has 2 rings (SSSR count). The van der Waals surface area contributed by atoms with Crippen LogP contribution in [0.15, 0.2) is 35.3 Å². The van der Waals surface area contributed by atoms with Crippen molar-refractivity contribution < 1.29 is 0 Å². The number of nitrogens with zero attached hydrogens (tertiary/aromatic N) is 1. The number of aromatic nitrogens is 1. The van der Waals surface area contributed by atoms with Crippen LogP contribution in [0.25, 0.3) is 11.1 Å². The maximum atomic E-state index is 11.5. The van der Waals surface area contributed by atoms with E-state index in [0.717, 1.165) is 0 Å². The first-order valence-corrected chi connectivity index (χ1v) is 5.47. The molecule has 0 spiro atoms. The molecule has 0 atom stereocenters. The van der Waals surface area contributed by atoms with Crippen molar-refractivity contribution in [2.24, 2.45) is 0 Å². The van der Waals surface area contributed by atoms with Crippen LogP contribution in [0.3, 0.4) is 0 Å². The molecular formula is C12H6Cl2N2O. The molecule has 1 aromatic heterocycles. The fraction of sp³-hybridized carbons (Fsp3) is 0. The minimum atomic E-state index is -0.443. The first-order chi connectivity index (χ1) is 8.15. The Morgan fingerprint density at radius 2 is 1.94 bits per heavy atom. The van der Waals surface area contributed by atoms with E-state index < -0.39 is 5.56 Å². The Labute approximate surface area is 107 Å². The molecule has 0 radical (unpaired) electrons. The van der Waals surface area contributed by atoms with Crippen molar-refractivity contribution in [1.82, 2.24) is 4.98 Å². The van der Waals surface area contributed by atoms with Gasteiger partial charge in [-0.1, -0.05) is 35.3 Å². The van der Waals surface area contributed by atoms with Gasteiger partial charge in [-0.25, -0.2) is 0 Å². The third kappa shape index (κ3) is 2.05. The lowest BCUT2D eigenvalue weighted by atomic mass is 10.0. The van der Waals surface area contributed by atoms with Gasteiger partial charge in [0, 0.05) is 17.3 Å². The number of hydrogen-bond donors (Lipinski definition) is 1. The predicted octanol–water partition coefficient (Wildman–Crippen LogP) is 3.22. The molecule has 0 unspecified atom stereocenters. The van der Waals surface area contributed by atoms with Crippen LogP contribution < -0.4 is 5.56 Å². The highest BCUT2D eigenvalue weighted by molar-refractivity contribution is 6.43. The quantitative estimate of drug-likeness (QED) is 0.860. The highest BCUT2D eigenvalue weighted by Crippen LogP contribution is 2.33. The van der Waals surface area contributed by atoms with Crippen LogP contribution in [0.5, 0.6) is 0 Å². The van der Waals surface area contributed by atoms with Crippen LogP contribution in [0.2, 0.25) is 10.0 Å². The molecule has 0 aliphatic heterocycles. The van der Waals surface area contributed by atoms with Gasteiger partial charge in [0.25, 0.3) is 5.56 Å². The standard InChI is InChI=1S/C12H6Cl2N2O/c13-10-3-1-2-8(11(10)14)7-4-5-16-12(17)9(7)6-15/h1-5H,(H,16,17). The monoisotopic (exact) mass is 264 g/mol. The van der Waals surface area contributed by atoms with Gasteiger partial charge < -0.3 is 4.98 Å². The van der Waals surface area contributed by atoms with Gasteiger partial charge in [0.05, 0.1) is 10.0 Å². The zero-order valence-electron chi connectivity index (χ0n) is 8.50. The largest absolute Gasteiger partial charge is 0.328 e. The van der Waals surface area contributed by atoms with Crippen molar-refractivity contribution >= 4 is 23.2 Å². The maximum absolute atomic E-state index is 11.5. The van der Waals surface area contributed by atoms with Gasteiger partial charge in [0.1, 0.15) is 11.6 Å². The summed E-state index contributed by atoms with van der Waals surface area (Å²) in [6, 6.07) is 8.56. The Morgan fingerprint density at radius 1 is 1.18 bits per heavy atom. The van der Waals surface area contributed by atoms with E-state index in [2.05, 4.69) is 4.98 Å². The molecule has 84 valence electrons. The number of hydrogen-bond acceptors (Lipinski definition) is 2. The Balaban J connectivity index is 2.79. The summed E-state index contributed by atoms with van der Waals surface area (Å²) in [6.45, 7) is 0. The highest BCUT2D eigenvalue weighted by Gasteiger charge is 2.12. The molecule has 1 N–H and O–H groups in total. The third-order valence-corrected chi connectivity index (χ3v) is 3.13. The summed E-state index contributed by atoms with van der Waals surface area (Å²) >= 11 is 12.0. The highest BCUT2D eigenvalue weighted by atomic mass is 35.5. The van der Waals surface area contributed by atoms with Crippen LogP contribution in [0.4, 0.5) is 0 Å². The fourth-order valence-electron chi connectivity index (χ4n) is 1.53. The predicted molar refractivity (Wildman–Crippen MR) is 67.2 cm³/mol. The molecular weight excluding hydrogens is 259 g/mol. The lowest BCUT2D eigenvalue weighted by molar-refractivity contribution is 1.22. The summed E-state index contributed by atoms with van der Waals surface area (Å²) < 4.78 is 0. The number of rotatable bonds is 1. The SMILES string of the molecule is N#Cc1c(-c2cccc(Cl)c2Cl)cc[nH]c1=O. The van der Waals surface area contributed by atoms with Gasteiger partial charge in [-0.2, -0.15) is 5.26 Å². The Bertz CT molecular complexity index is 671. The summed E-state index contributed by atoms with van der Waals surface area (Å²) in [5.74, 6) is 0. The zero-order valence-corrected chi connectivity index (χ0v) is 10.0. The van der Waals surface area contributed by atoms with Crippen molar-refractivity contribution in [3.05, 3.63) is 56.4 Å². The van der Waals surface area contributed by atoms with Gasteiger partial charge >= 0.3 is 0 Å².